The fourth-order valence-electron chi connectivity index (χ4n) is 3.93. The number of anilines is 3. The van der Waals surface area contributed by atoms with Gasteiger partial charge in [0.15, 0.2) is 0 Å². The van der Waals surface area contributed by atoms with Crippen molar-refractivity contribution in [2.45, 2.75) is 59.4 Å². The molecule has 134 valence electrons. The van der Waals surface area contributed by atoms with Crippen molar-refractivity contribution < 1.29 is 0 Å². The van der Waals surface area contributed by atoms with E-state index in [1.807, 2.05) is 0 Å². The summed E-state index contributed by atoms with van der Waals surface area (Å²) in [5.74, 6) is 0. The lowest BCUT2D eigenvalue weighted by atomic mass is 9.76. The fraction of sp³-hybridized carbons (Fsp3) is 0.478. The van der Waals surface area contributed by atoms with E-state index in [2.05, 4.69) is 94.8 Å². The van der Waals surface area contributed by atoms with Crippen molar-refractivity contribution in [2.75, 3.05) is 23.4 Å². The number of benzene rings is 2. The molecule has 0 bridgehead atoms. The van der Waals surface area contributed by atoms with Crippen LogP contribution in [0, 0.1) is 13.8 Å². The molecule has 1 aliphatic heterocycles. The number of nitrogens with zero attached hydrogens (tertiary/aromatic N) is 2. The predicted molar refractivity (Wildman–Crippen MR) is 111 cm³/mol. The van der Waals surface area contributed by atoms with Gasteiger partial charge in [0, 0.05) is 36.7 Å². The van der Waals surface area contributed by atoms with Gasteiger partial charge in [-0.3, -0.25) is 0 Å². The van der Waals surface area contributed by atoms with Gasteiger partial charge in [0.2, 0.25) is 0 Å². The van der Waals surface area contributed by atoms with Crippen LogP contribution in [0.15, 0.2) is 36.4 Å². The summed E-state index contributed by atoms with van der Waals surface area (Å²) >= 11 is 0. The molecule has 1 aliphatic rings. The van der Waals surface area contributed by atoms with E-state index < -0.39 is 0 Å². The average molecular weight is 337 g/mol. The van der Waals surface area contributed by atoms with Gasteiger partial charge < -0.3 is 9.80 Å². The summed E-state index contributed by atoms with van der Waals surface area (Å²) in [7, 11) is 2.17. The van der Waals surface area contributed by atoms with E-state index >= 15 is 0 Å². The van der Waals surface area contributed by atoms with Crippen molar-refractivity contribution in [3.05, 3.63) is 53.1 Å². The molecule has 2 aromatic carbocycles. The minimum absolute atomic E-state index is 0.243. The first-order valence-electron chi connectivity index (χ1n) is 9.43. The average Bonchev–Trinajstić information content (AvgIpc) is 2.55. The summed E-state index contributed by atoms with van der Waals surface area (Å²) in [6.45, 7) is 14.9. The lowest BCUT2D eigenvalue weighted by Crippen LogP contribution is -2.41. The van der Waals surface area contributed by atoms with E-state index in [9.17, 15) is 0 Å². The second-order valence-electron chi connectivity index (χ2n) is 8.47. The first-order chi connectivity index (χ1) is 11.7. The molecule has 0 saturated heterocycles. The number of rotatable bonds is 3. The fourth-order valence-corrected chi connectivity index (χ4v) is 3.93. The molecular weight excluding hydrogens is 304 g/mol. The topological polar surface area (TPSA) is 6.48 Å². The highest BCUT2D eigenvalue weighted by Gasteiger charge is 2.33. The lowest BCUT2D eigenvalue weighted by molar-refractivity contribution is 0.442. The minimum Gasteiger partial charge on any atom is -0.369 e. The van der Waals surface area contributed by atoms with Crippen LogP contribution < -0.4 is 9.80 Å². The maximum atomic E-state index is 2.56. The summed E-state index contributed by atoms with van der Waals surface area (Å²) in [5, 5.41) is 0. The van der Waals surface area contributed by atoms with Gasteiger partial charge in [-0.25, -0.2) is 0 Å². The molecule has 0 amide bonds. The van der Waals surface area contributed by atoms with Crippen LogP contribution in [0.2, 0.25) is 0 Å². The highest BCUT2D eigenvalue weighted by Crippen LogP contribution is 2.44. The van der Waals surface area contributed by atoms with Gasteiger partial charge >= 0.3 is 0 Å². The van der Waals surface area contributed by atoms with Crippen molar-refractivity contribution in [1.82, 2.24) is 0 Å². The van der Waals surface area contributed by atoms with Crippen LogP contribution in [-0.2, 0) is 5.41 Å². The Hall–Kier alpha value is -1.96. The molecule has 0 atom stereocenters. The zero-order chi connectivity index (χ0) is 18.4. The molecule has 0 unspecified atom stereocenters. The van der Waals surface area contributed by atoms with Crippen LogP contribution in [0.25, 0.3) is 0 Å². The molecule has 0 fully saturated rings. The highest BCUT2D eigenvalue weighted by molar-refractivity contribution is 5.74. The van der Waals surface area contributed by atoms with Crippen LogP contribution >= 0.6 is 0 Å². The number of fused-ring (bicyclic) bond motifs is 1. The van der Waals surface area contributed by atoms with Gasteiger partial charge in [0.1, 0.15) is 0 Å². The molecule has 2 nitrogen and oxygen atoms in total. The van der Waals surface area contributed by atoms with Crippen molar-refractivity contribution in [3.63, 3.8) is 0 Å². The van der Waals surface area contributed by atoms with Crippen LogP contribution in [0.4, 0.5) is 17.1 Å². The van der Waals surface area contributed by atoms with Gasteiger partial charge in [0.25, 0.3) is 0 Å². The first kappa shape index (κ1) is 17.8. The predicted octanol–water partition coefficient (Wildman–Crippen LogP) is 5.97. The number of aryl methyl sites for hydroxylation is 2. The Morgan fingerprint density at radius 1 is 1.04 bits per heavy atom. The first-order valence-corrected chi connectivity index (χ1v) is 9.43. The van der Waals surface area contributed by atoms with Gasteiger partial charge in [-0.05, 0) is 68.9 Å². The molecule has 0 N–H and O–H groups in total. The van der Waals surface area contributed by atoms with Crippen LogP contribution in [0.3, 0.4) is 0 Å². The second-order valence-corrected chi connectivity index (χ2v) is 8.47. The second kappa shape index (κ2) is 6.40. The van der Waals surface area contributed by atoms with Gasteiger partial charge in [-0.15, -0.1) is 0 Å². The maximum Gasteiger partial charge on any atom is 0.0458 e. The molecule has 0 aromatic heterocycles. The van der Waals surface area contributed by atoms with Crippen molar-refractivity contribution in [1.29, 1.82) is 0 Å². The summed E-state index contributed by atoms with van der Waals surface area (Å²) in [5.41, 5.74) is 8.32. The number of hydrogen-bond acceptors (Lipinski definition) is 2. The Labute approximate surface area is 153 Å². The quantitative estimate of drug-likeness (QED) is 0.681. The van der Waals surface area contributed by atoms with Crippen LogP contribution in [0.5, 0.6) is 0 Å². The standard InChI is InChI=1S/C23H32N2/c1-16(2)25-13-12-23(5,6)20-14-18(4)21(15-22(20)25)24(7)19-10-8-17(3)9-11-19/h8-11,14-16H,12-13H2,1-7H3. The Morgan fingerprint density at radius 3 is 2.28 bits per heavy atom. The van der Waals surface area contributed by atoms with E-state index in [1.165, 1.54) is 40.2 Å². The Balaban J connectivity index is 2.10. The van der Waals surface area contributed by atoms with E-state index in [1.54, 1.807) is 0 Å². The normalized spacial score (nSPS) is 16.1. The third kappa shape index (κ3) is 3.27. The summed E-state index contributed by atoms with van der Waals surface area (Å²) in [6, 6.07) is 14.1. The molecular formula is C23H32N2. The summed E-state index contributed by atoms with van der Waals surface area (Å²) in [6.07, 6.45) is 1.21. The molecule has 0 aliphatic carbocycles. The monoisotopic (exact) mass is 336 g/mol. The highest BCUT2D eigenvalue weighted by atomic mass is 15.2. The van der Waals surface area contributed by atoms with Crippen molar-refractivity contribution in [3.8, 4) is 0 Å². The van der Waals surface area contributed by atoms with E-state index in [0.29, 0.717) is 6.04 Å². The SMILES string of the molecule is Cc1ccc(N(C)c2cc3c(cc2C)C(C)(C)CCN3C(C)C)cc1. The van der Waals surface area contributed by atoms with E-state index in [0.717, 1.165) is 6.54 Å². The smallest absolute Gasteiger partial charge is 0.0458 e. The third-order valence-corrected chi connectivity index (χ3v) is 5.74. The molecule has 2 aromatic rings. The maximum absolute atomic E-state index is 2.56. The van der Waals surface area contributed by atoms with Crippen molar-refractivity contribution in [2.24, 2.45) is 0 Å². The van der Waals surface area contributed by atoms with Crippen molar-refractivity contribution >= 4 is 17.1 Å². The molecule has 0 radical (unpaired) electrons. The largest absolute Gasteiger partial charge is 0.369 e. The molecule has 0 saturated carbocycles. The van der Waals surface area contributed by atoms with E-state index in [4.69, 9.17) is 0 Å². The summed E-state index contributed by atoms with van der Waals surface area (Å²) < 4.78 is 0. The molecule has 1 heterocycles. The van der Waals surface area contributed by atoms with Crippen LogP contribution in [-0.4, -0.2) is 19.6 Å². The Kier molecular flexibility index (Phi) is 4.57. The van der Waals surface area contributed by atoms with Gasteiger partial charge in [0.05, 0.1) is 0 Å². The zero-order valence-corrected chi connectivity index (χ0v) is 16.9. The Morgan fingerprint density at radius 2 is 1.68 bits per heavy atom. The van der Waals surface area contributed by atoms with Gasteiger partial charge in [-0.2, -0.15) is 0 Å². The Bertz CT molecular complexity index is 756. The zero-order valence-electron chi connectivity index (χ0n) is 16.9. The third-order valence-electron chi connectivity index (χ3n) is 5.74. The molecule has 3 rings (SSSR count). The van der Waals surface area contributed by atoms with E-state index in [-0.39, 0.29) is 5.41 Å². The van der Waals surface area contributed by atoms with Gasteiger partial charge in [-0.1, -0.05) is 37.6 Å². The van der Waals surface area contributed by atoms with Crippen LogP contribution in [0.1, 0.15) is 50.8 Å². The lowest BCUT2D eigenvalue weighted by Gasteiger charge is -2.43. The molecule has 2 heteroatoms. The minimum atomic E-state index is 0.243. The molecule has 0 spiro atoms. The summed E-state index contributed by atoms with van der Waals surface area (Å²) in [4.78, 5) is 4.88. The number of hydrogen-bond donors (Lipinski definition) is 0. The molecule has 25 heavy (non-hydrogen) atoms.